The van der Waals surface area contributed by atoms with E-state index in [1.807, 2.05) is 91.9 Å². The van der Waals surface area contributed by atoms with Crippen molar-refractivity contribution in [2.75, 3.05) is 13.7 Å². The van der Waals surface area contributed by atoms with E-state index in [4.69, 9.17) is 9.47 Å². The Morgan fingerprint density at radius 3 is 2.43 bits per heavy atom. The summed E-state index contributed by atoms with van der Waals surface area (Å²) < 4.78 is 43.0. The van der Waals surface area contributed by atoms with Gasteiger partial charge in [-0.25, -0.2) is 9.18 Å². The van der Waals surface area contributed by atoms with E-state index in [9.17, 15) is 14.3 Å². The fourth-order valence-electron chi connectivity index (χ4n) is 5.07. The first-order chi connectivity index (χ1) is 20.5. The minimum Gasteiger partial charge on any atom is -0.489 e. The van der Waals surface area contributed by atoms with Gasteiger partial charge in [-0.3, -0.25) is 4.68 Å². The van der Waals surface area contributed by atoms with Crippen LogP contribution in [0.3, 0.4) is 0 Å². The summed E-state index contributed by atoms with van der Waals surface area (Å²) in [7, 11) is 3.48. The lowest BCUT2D eigenvalue weighted by atomic mass is 9.85. The number of hydrogen-bond acceptors (Lipinski definition) is 5. The van der Waals surface area contributed by atoms with Gasteiger partial charge in [0.1, 0.15) is 11.7 Å². The summed E-state index contributed by atoms with van der Waals surface area (Å²) in [6, 6.07) is 14.0. The predicted octanol–water partition coefficient (Wildman–Crippen LogP) is 7.89. The molecule has 0 aliphatic rings. The molecular weight excluding hydrogens is 564 g/mol. The largest absolute Gasteiger partial charge is 0.489 e. The number of carbonyl (C=O) groups excluding carboxylic acids is 1. The van der Waals surface area contributed by atoms with E-state index in [0.29, 0.717) is 29.8 Å². The molecule has 0 aliphatic heterocycles. The number of ether oxygens (including phenoxy) is 2. The Morgan fingerprint density at radius 2 is 1.77 bits per heavy atom. The van der Waals surface area contributed by atoms with Gasteiger partial charge in [-0.1, -0.05) is 51.1 Å². The fraction of sp³-hybridized carbons (Fsp3) is 0.429. The van der Waals surface area contributed by atoms with Crippen molar-refractivity contribution in [2.45, 2.75) is 73.1 Å². The van der Waals surface area contributed by atoms with E-state index in [1.165, 1.54) is 11.0 Å². The van der Waals surface area contributed by atoms with Crippen LogP contribution in [0.1, 0.15) is 70.2 Å². The highest BCUT2D eigenvalue weighted by Gasteiger charge is 2.30. The smallest absolute Gasteiger partial charge is 0.410 e. The van der Waals surface area contributed by atoms with Gasteiger partial charge in [0.15, 0.2) is 11.6 Å². The van der Waals surface area contributed by atoms with Crippen LogP contribution >= 0.6 is 0 Å². The Kier molecular flexibility index (Phi) is 9.40. The maximum atomic E-state index is 15.3. The maximum Gasteiger partial charge on any atom is 0.410 e. The van der Waals surface area contributed by atoms with Crippen LogP contribution in [0, 0.1) is 24.0 Å². The van der Waals surface area contributed by atoms with Crippen LogP contribution in [-0.4, -0.2) is 45.1 Å². The number of aromatic nitrogens is 2. The Hall–Kier alpha value is -3.98. The van der Waals surface area contributed by atoms with E-state index < -0.39 is 34.8 Å². The van der Waals surface area contributed by atoms with E-state index in [1.54, 1.807) is 11.7 Å². The quantitative estimate of drug-likeness (QED) is 0.220. The summed E-state index contributed by atoms with van der Waals surface area (Å²) >= 11 is 0. The van der Waals surface area contributed by atoms with Crippen LogP contribution in [0.25, 0.3) is 21.9 Å². The monoisotopic (exact) mass is 607 g/mol. The summed E-state index contributed by atoms with van der Waals surface area (Å²) in [6.07, 6.45) is -0.903. The SMILES string of the molecule is Cc1c(CCOc2c(-c3ccc4cccc(CN(C)C(=O)OC(C)(C)C)c4c3)ccc(F)c2F)c(C(O)C(C)(C)C)nn1C. The standard InChI is InChI=1S/C35H43F2N3O4/c1-21-25(30(38-40(21)9)32(41)34(2,3)4)17-18-43-31-26(15-16-28(36)29(31)37)23-14-13-22-11-10-12-24(27(22)19-23)20-39(8)33(42)44-35(5,6)7/h10-16,19,32,41H,17-18,20H2,1-9H3. The molecule has 9 heteroatoms. The lowest BCUT2D eigenvalue weighted by molar-refractivity contribution is 0.0285. The molecule has 0 bridgehead atoms. The van der Waals surface area contributed by atoms with Crippen molar-refractivity contribution < 1.29 is 28.2 Å². The van der Waals surface area contributed by atoms with Crippen molar-refractivity contribution in [2.24, 2.45) is 12.5 Å². The lowest BCUT2D eigenvalue weighted by Crippen LogP contribution is -2.33. The first kappa shape index (κ1) is 32.9. The highest BCUT2D eigenvalue weighted by Crippen LogP contribution is 2.37. The molecule has 3 aromatic carbocycles. The van der Waals surface area contributed by atoms with E-state index >= 15 is 4.39 Å². The minimum absolute atomic E-state index is 0.0449. The molecular formula is C35H43F2N3O4. The van der Waals surface area contributed by atoms with Gasteiger partial charge < -0.3 is 19.5 Å². The Morgan fingerprint density at radius 1 is 1.07 bits per heavy atom. The number of rotatable bonds is 8. The number of carbonyl (C=O) groups is 1. The zero-order chi connectivity index (χ0) is 32.6. The van der Waals surface area contributed by atoms with Crippen LogP contribution < -0.4 is 4.74 Å². The molecule has 0 aliphatic carbocycles. The summed E-state index contributed by atoms with van der Waals surface area (Å²) in [4.78, 5) is 14.1. The van der Waals surface area contributed by atoms with Gasteiger partial charge >= 0.3 is 6.09 Å². The first-order valence-electron chi connectivity index (χ1n) is 14.8. The number of benzene rings is 3. The van der Waals surface area contributed by atoms with E-state index in [0.717, 1.165) is 33.7 Å². The zero-order valence-electron chi connectivity index (χ0n) is 27.1. The number of aliphatic hydroxyl groups is 1. The molecule has 44 heavy (non-hydrogen) atoms. The van der Waals surface area contributed by atoms with Crippen molar-refractivity contribution >= 4 is 16.9 Å². The number of halogens is 2. The normalized spacial score (nSPS) is 12.8. The second kappa shape index (κ2) is 12.6. The van der Waals surface area contributed by atoms with Gasteiger partial charge in [0.25, 0.3) is 0 Å². The molecule has 0 saturated heterocycles. The molecule has 0 spiro atoms. The number of fused-ring (bicyclic) bond motifs is 1. The summed E-state index contributed by atoms with van der Waals surface area (Å²) in [5, 5.41) is 17.3. The van der Waals surface area contributed by atoms with E-state index in [2.05, 4.69) is 5.10 Å². The zero-order valence-corrected chi connectivity index (χ0v) is 27.1. The highest BCUT2D eigenvalue weighted by molar-refractivity contribution is 5.91. The number of aryl methyl sites for hydroxylation is 1. The van der Waals surface area contributed by atoms with Gasteiger partial charge in [0, 0.05) is 43.9 Å². The van der Waals surface area contributed by atoms with Gasteiger partial charge in [-0.15, -0.1) is 0 Å². The van der Waals surface area contributed by atoms with Gasteiger partial charge in [-0.05, 0) is 73.2 Å². The van der Waals surface area contributed by atoms with Crippen molar-refractivity contribution in [1.29, 1.82) is 0 Å². The Balaban J connectivity index is 1.65. The molecule has 1 amide bonds. The molecule has 1 heterocycles. The van der Waals surface area contributed by atoms with Crippen LogP contribution in [-0.2, 0) is 24.8 Å². The molecule has 1 unspecified atom stereocenters. The summed E-state index contributed by atoms with van der Waals surface area (Å²) in [5.74, 6) is -2.27. The molecule has 4 rings (SSSR count). The molecule has 1 aromatic heterocycles. The second-order valence-corrected chi connectivity index (χ2v) is 13.4. The highest BCUT2D eigenvalue weighted by atomic mass is 19.2. The topological polar surface area (TPSA) is 76.8 Å². The molecule has 4 aromatic rings. The molecule has 1 N–H and O–H groups in total. The average Bonchev–Trinajstić information content (AvgIpc) is 3.22. The molecule has 236 valence electrons. The second-order valence-electron chi connectivity index (χ2n) is 13.4. The Labute approximate surface area is 258 Å². The molecule has 0 saturated carbocycles. The maximum absolute atomic E-state index is 15.3. The van der Waals surface area contributed by atoms with Crippen molar-refractivity contribution in [3.63, 3.8) is 0 Å². The average molecular weight is 608 g/mol. The van der Waals surface area contributed by atoms with Crippen molar-refractivity contribution in [3.05, 3.63) is 82.7 Å². The van der Waals surface area contributed by atoms with Gasteiger partial charge in [0.2, 0.25) is 5.82 Å². The predicted molar refractivity (Wildman–Crippen MR) is 169 cm³/mol. The molecule has 0 fully saturated rings. The minimum atomic E-state index is -1.07. The molecule has 7 nitrogen and oxygen atoms in total. The van der Waals surface area contributed by atoms with Crippen molar-refractivity contribution in [1.82, 2.24) is 14.7 Å². The summed E-state index contributed by atoms with van der Waals surface area (Å²) in [5.41, 5.74) is 3.10. The third-order valence-electron chi connectivity index (χ3n) is 7.61. The Bertz CT molecular complexity index is 1670. The van der Waals surface area contributed by atoms with Crippen LogP contribution in [0.4, 0.5) is 13.6 Å². The van der Waals surface area contributed by atoms with Gasteiger partial charge in [-0.2, -0.15) is 9.49 Å². The van der Waals surface area contributed by atoms with Crippen LogP contribution in [0.2, 0.25) is 0 Å². The number of hydrogen-bond donors (Lipinski definition) is 1. The first-order valence-corrected chi connectivity index (χ1v) is 14.8. The van der Waals surface area contributed by atoms with Crippen LogP contribution in [0.5, 0.6) is 5.75 Å². The number of aliphatic hydroxyl groups excluding tert-OH is 1. The summed E-state index contributed by atoms with van der Waals surface area (Å²) in [6.45, 7) is 13.5. The number of amides is 1. The third-order valence-corrected chi connectivity index (χ3v) is 7.61. The fourth-order valence-corrected chi connectivity index (χ4v) is 5.07. The van der Waals surface area contributed by atoms with Gasteiger partial charge in [0.05, 0.1) is 12.3 Å². The van der Waals surface area contributed by atoms with Crippen LogP contribution in [0.15, 0.2) is 48.5 Å². The molecule has 0 radical (unpaired) electrons. The van der Waals surface area contributed by atoms with E-state index in [-0.39, 0.29) is 12.4 Å². The molecule has 1 atom stereocenters. The lowest BCUT2D eigenvalue weighted by Gasteiger charge is -2.25. The third kappa shape index (κ3) is 7.21. The van der Waals surface area contributed by atoms with Crippen molar-refractivity contribution in [3.8, 4) is 16.9 Å². The number of nitrogens with zero attached hydrogens (tertiary/aromatic N) is 3.